The zero-order valence-corrected chi connectivity index (χ0v) is 9.09. The number of halogens is 3. The molecular formula is C7H10F3N3O2S. The van der Waals surface area contributed by atoms with Crippen LogP contribution in [-0.4, -0.2) is 29.7 Å². The average Bonchev–Trinajstić information content (AvgIpc) is 2.49. The Bertz CT molecular complexity index is 463. The lowest BCUT2D eigenvalue weighted by Crippen LogP contribution is -2.23. The van der Waals surface area contributed by atoms with Crippen molar-refractivity contribution in [2.24, 2.45) is 5.73 Å². The van der Waals surface area contributed by atoms with Gasteiger partial charge in [-0.1, -0.05) is 0 Å². The van der Waals surface area contributed by atoms with E-state index >= 15 is 0 Å². The first-order valence-electron chi connectivity index (χ1n) is 4.24. The molecule has 92 valence electrons. The Balaban J connectivity index is 3.04. The monoisotopic (exact) mass is 257 g/mol. The molecule has 16 heavy (non-hydrogen) atoms. The summed E-state index contributed by atoms with van der Waals surface area (Å²) in [7, 11) is -5.32. The zero-order chi connectivity index (χ0) is 12.6. The molecule has 1 aromatic heterocycles. The summed E-state index contributed by atoms with van der Waals surface area (Å²) in [4.78, 5) is -0.874. The Morgan fingerprint density at radius 2 is 2.12 bits per heavy atom. The van der Waals surface area contributed by atoms with Crippen LogP contribution in [-0.2, 0) is 16.4 Å². The van der Waals surface area contributed by atoms with Gasteiger partial charge in [-0.05, 0) is 6.92 Å². The number of nitrogens with two attached hydrogens (primary N) is 1. The van der Waals surface area contributed by atoms with Crippen molar-refractivity contribution in [1.29, 1.82) is 0 Å². The van der Waals surface area contributed by atoms with Gasteiger partial charge in [0.2, 0.25) is 0 Å². The Morgan fingerprint density at radius 1 is 1.56 bits per heavy atom. The van der Waals surface area contributed by atoms with Crippen molar-refractivity contribution >= 4 is 9.84 Å². The second-order valence-corrected chi connectivity index (χ2v) is 5.27. The number of sulfone groups is 1. The van der Waals surface area contributed by atoms with Crippen molar-refractivity contribution in [2.75, 3.05) is 0 Å². The van der Waals surface area contributed by atoms with Crippen LogP contribution < -0.4 is 5.73 Å². The number of aromatic nitrogens is 2. The third-order valence-corrected chi connectivity index (χ3v) is 3.14. The summed E-state index contributed by atoms with van der Waals surface area (Å²) in [6.45, 7) is 1.77. The topological polar surface area (TPSA) is 78.0 Å². The third-order valence-electron chi connectivity index (χ3n) is 1.70. The van der Waals surface area contributed by atoms with Crippen LogP contribution in [0, 0.1) is 0 Å². The van der Waals surface area contributed by atoms with Gasteiger partial charge in [0.25, 0.3) is 9.84 Å². The Morgan fingerprint density at radius 3 is 2.56 bits per heavy atom. The summed E-state index contributed by atoms with van der Waals surface area (Å²) in [5, 5.41) is 3.49. The number of nitrogens with zero attached hydrogens (tertiary/aromatic N) is 2. The van der Waals surface area contributed by atoms with Crippen LogP contribution in [0.15, 0.2) is 17.3 Å². The van der Waals surface area contributed by atoms with Gasteiger partial charge in [0.05, 0.1) is 12.7 Å². The van der Waals surface area contributed by atoms with Gasteiger partial charge in [0.1, 0.15) is 4.90 Å². The zero-order valence-electron chi connectivity index (χ0n) is 8.27. The van der Waals surface area contributed by atoms with E-state index in [1.54, 1.807) is 6.92 Å². The number of hydrogen-bond donors (Lipinski definition) is 1. The van der Waals surface area contributed by atoms with Gasteiger partial charge in [-0.25, -0.2) is 8.42 Å². The first kappa shape index (κ1) is 13.0. The molecule has 2 N–H and O–H groups in total. The molecule has 0 saturated carbocycles. The molecule has 0 aliphatic carbocycles. The smallest absolute Gasteiger partial charge is 0.326 e. The molecule has 0 aliphatic rings. The minimum Gasteiger partial charge on any atom is -0.326 e. The first-order valence-corrected chi connectivity index (χ1v) is 5.72. The van der Waals surface area contributed by atoms with Gasteiger partial charge in [-0.2, -0.15) is 18.3 Å². The minimum absolute atomic E-state index is 0.146. The summed E-state index contributed by atoms with van der Waals surface area (Å²) in [6.07, 6.45) is 1.47. The molecule has 0 spiro atoms. The lowest BCUT2D eigenvalue weighted by Gasteiger charge is -2.05. The normalized spacial score (nSPS) is 15.1. The maximum atomic E-state index is 12.1. The highest BCUT2D eigenvalue weighted by molar-refractivity contribution is 7.92. The highest BCUT2D eigenvalue weighted by Crippen LogP contribution is 2.29. The van der Waals surface area contributed by atoms with Crippen LogP contribution in [0.2, 0.25) is 0 Å². The predicted molar refractivity (Wildman–Crippen MR) is 49.1 cm³/mol. The van der Waals surface area contributed by atoms with Gasteiger partial charge < -0.3 is 5.73 Å². The average molecular weight is 257 g/mol. The highest BCUT2D eigenvalue weighted by Gasteiger charge is 2.47. The highest BCUT2D eigenvalue weighted by atomic mass is 32.2. The molecule has 1 aromatic rings. The quantitative estimate of drug-likeness (QED) is 0.856. The number of alkyl halides is 3. The van der Waals surface area contributed by atoms with E-state index in [1.807, 2.05) is 0 Å². The van der Waals surface area contributed by atoms with Gasteiger partial charge in [0.15, 0.2) is 0 Å². The second-order valence-electron chi connectivity index (χ2n) is 3.32. The summed E-state index contributed by atoms with van der Waals surface area (Å²) >= 11 is 0. The molecular weight excluding hydrogens is 247 g/mol. The molecule has 0 aromatic carbocycles. The molecule has 0 bridgehead atoms. The van der Waals surface area contributed by atoms with Crippen molar-refractivity contribution < 1.29 is 21.6 Å². The maximum Gasteiger partial charge on any atom is 0.502 e. The molecule has 0 amide bonds. The maximum absolute atomic E-state index is 12.1. The lowest BCUT2D eigenvalue weighted by atomic mass is 10.4. The molecule has 0 saturated heterocycles. The summed E-state index contributed by atoms with van der Waals surface area (Å²) in [6, 6.07) is -0.332. The fourth-order valence-corrected chi connectivity index (χ4v) is 1.73. The Hall–Kier alpha value is -1.09. The van der Waals surface area contributed by atoms with Crippen molar-refractivity contribution in [3.63, 3.8) is 0 Å². The van der Waals surface area contributed by atoms with Crippen molar-refractivity contribution in [2.45, 2.75) is 29.9 Å². The van der Waals surface area contributed by atoms with Crippen LogP contribution in [0.1, 0.15) is 6.92 Å². The van der Waals surface area contributed by atoms with E-state index in [9.17, 15) is 21.6 Å². The summed E-state index contributed by atoms with van der Waals surface area (Å²) in [5.41, 5.74) is 0.0857. The lowest BCUT2D eigenvalue weighted by molar-refractivity contribution is -0.0436. The van der Waals surface area contributed by atoms with Crippen LogP contribution in [0.25, 0.3) is 0 Å². The molecule has 0 radical (unpaired) electrons. The second kappa shape index (κ2) is 4.06. The SMILES string of the molecule is C[C@H](N)Cn1cc(S(=O)(=O)C(F)(F)F)cn1. The van der Waals surface area contributed by atoms with Crippen molar-refractivity contribution in [3.05, 3.63) is 12.4 Å². The van der Waals surface area contributed by atoms with Crippen LogP contribution in [0.4, 0.5) is 13.2 Å². The van der Waals surface area contributed by atoms with Crippen molar-refractivity contribution in [3.8, 4) is 0 Å². The molecule has 0 fully saturated rings. The Labute approximate surface area is 90.0 Å². The van der Waals surface area contributed by atoms with Crippen molar-refractivity contribution in [1.82, 2.24) is 9.78 Å². The van der Waals surface area contributed by atoms with Gasteiger partial charge in [-0.15, -0.1) is 0 Å². The first-order chi connectivity index (χ1) is 7.14. The van der Waals surface area contributed by atoms with E-state index in [1.165, 1.54) is 0 Å². The summed E-state index contributed by atoms with van der Waals surface area (Å²) in [5.74, 6) is 0. The van der Waals surface area contributed by atoms with E-state index < -0.39 is 20.2 Å². The van der Waals surface area contributed by atoms with E-state index in [-0.39, 0.29) is 12.6 Å². The molecule has 1 atom stereocenters. The number of rotatable bonds is 3. The van der Waals surface area contributed by atoms with Gasteiger partial charge in [-0.3, -0.25) is 4.68 Å². The standard InChI is InChI=1S/C7H10F3N3O2S/c1-5(11)3-13-4-6(2-12-13)16(14,15)7(8,9)10/h2,4-5H,3,11H2,1H3/t5-/m0/s1. The van der Waals surface area contributed by atoms with E-state index in [4.69, 9.17) is 5.73 Å². The predicted octanol–water partition coefficient (Wildman–Crippen LogP) is 0.524. The fourth-order valence-electron chi connectivity index (χ4n) is 1.01. The van der Waals surface area contributed by atoms with E-state index in [2.05, 4.69) is 5.10 Å². The van der Waals surface area contributed by atoms with Crippen LogP contribution >= 0.6 is 0 Å². The molecule has 0 unspecified atom stereocenters. The fraction of sp³-hybridized carbons (Fsp3) is 0.571. The molecule has 1 rings (SSSR count). The van der Waals surface area contributed by atoms with E-state index in [0.717, 1.165) is 10.9 Å². The molecule has 9 heteroatoms. The van der Waals surface area contributed by atoms with Crippen LogP contribution in [0.5, 0.6) is 0 Å². The summed E-state index contributed by atoms with van der Waals surface area (Å²) < 4.78 is 59.4. The van der Waals surface area contributed by atoms with Gasteiger partial charge in [0, 0.05) is 12.2 Å². The van der Waals surface area contributed by atoms with Crippen LogP contribution in [0.3, 0.4) is 0 Å². The molecule has 0 aliphatic heterocycles. The number of hydrogen-bond acceptors (Lipinski definition) is 4. The third kappa shape index (κ3) is 2.53. The molecule has 5 nitrogen and oxygen atoms in total. The molecule has 1 heterocycles. The van der Waals surface area contributed by atoms with Gasteiger partial charge >= 0.3 is 5.51 Å². The Kier molecular flexibility index (Phi) is 3.29. The minimum atomic E-state index is -5.32. The largest absolute Gasteiger partial charge is 0.502 e. The van der Waals surface area contributed by atoms with E-state index in [0.29, 0.717) is 6.20 Å².